The van der Waals surface area contributed by atoms with E-state index in [1.165, 1.54) is 12.1 Å². The van der Waals surface area contributed by atoms with E-state index in [4.69, 9.17) is 15.1 Å². The van der Waals surface area contributed by atoms with E-state index in [-0.39, 0.29) is 17.4 Å². The van der Waals surface area contributed by atoms with Crippen LogP contribution in [0.5, 0.6) is 0 Å². The van der Waals surface area contributed by atoms with Crippen molar-refractivity contribution in [2.24, 2.45) is 11.1 Å². The van der Waals surface area contributed by atoms with Crippen molar-refractivity contribution in [3.63, 3.8) is 0 Å². The van der Waals surface area contributed by atoms with Gasteiger partial charge >= 0.3 is 0 Å². The molecule has 170 valence electrons. The number of rotatable bonds is 7. The molecule has 3 rings (SSSR count). The largest absolute Gasteiger partial charge is 0.376 e. The van der Waals surface area contributed by atoms with E-state index < -0.39 is 10.0 Å². The van der Waals surface area contributed by atoms with Gasteiger partial charge in [-0.2, -0.15) is 5.26 Å². The maximum atomic E-state index is 13.3. The Hall–Kier alpha value is -2.93. The lowest BCUT2D eigenvalue weighted by Gasteiger charge is -2.36. The van der Waals surface area contributed by atoms with Crippen LogP contribution >= 0.6 is 0 Å². The zero-order valence-corrected chi connectivity index (χ0v) is 19.1. The Labute approximate surface area is 189 Å². The van der Waals surface area contributed by atoms with Gasteiger partial charge in [-0.25, -0.2) is 13.6 Å². The molecule has 0 saturated carbocycles. The number of hydrogen-bond donors (Lipinski definition) is 1. The highest BCUT2D eigenvalue weighted by Gasteiger charge is 2.25. The summed E-state index contributed by atoms with van der Waals surface area (Å²) in [5, 5.41) is 14.2. The summed E-state index contributed by atoms with van der Waals surface area (Å²) in [7, 11) is -3.93. The highest BCUT2D eigenvalue weighted by atomic mass is 32.2. The molecule has 2 aromatic carbocycles. The van der Waals surface area contributed by atoms with Crippen molar-refractivity contribution in [2.75, 3.05) is 37.7 Å². The van der Waals surface area contributed by atoms with Gasteiger partial charge in [-0.3, -0.25) is 4.79 Å². The van der Waals surface area contributed by atoms with Gasteiger partial charge in [0.25, 0.3) is 5.91 Å². The molecule has 0 bridgehead atoms. The maximum Gasteiger partial charge on any atom is 0.254 e. The number of benzene rings is 2. The summed E-state index contributed by atoms with van der Waals surface area (Å²) in [6.07, 6.45) is 0. The average Bonchev–Trinajstić information content (AvgIpc) is 2.78. The fraction of sp³-hybridized carbons (Fsp3) is 0.391. The van der Waals surface area contributed by atoms with Crippen LogP contribution in [0.15, 0.2) is 47.4 Å². The third-order valence-corrected chi connectivity index (χ3v) is 6.19. The van der Waals surface area contributed by atoms with Crippen LogP contribution in [-0.2, 0) is 21.4 Å². The van der Waals surface area contributed by atoms with Crippen LogP contribution in [0, 0.1) is 17.2 Å². The third kappa shape index (κ3) is 5.85. The van der Waals surface area contributed by atoms with Crippen molar-refractivity contribution in [3.8, 4) is 6.07 Å². The number of carbonyl (C=O) groups is 1. The second-order valence-corrected chi connectivity index (χ2v) is 9.77. The summed E-state index contributed by atoms with van der Waals surface area (Å²) in [5.74, 6) is 0.103. The Kier molecular flexibility index (Phi) is 7.51. The Morgan fingerprint density at radius 2 is 1.78 bits per heavy atom. The van der Waals surface area contributed by atoms with E-state index in [2.05, 4.69) is 11.0 Å². The standard InChI is InChI=1S/C23H28N4O4S/c1-17(2)15-31-16-19-5-8-21(32(25,29)30)13-22(19)23(28)27-11-9-26(10-12-27)20-6-3-18(14-24)4-7-20/h3-8,13,17H,9-12,15-16H2,1-2H3,(H2,25,29,30). The Balaban J connectivity index is 1.75. The molecule has 8 nitrogen and oxygen atoms in total. The number of piperazine rings is 1. The third-order valence-electron chi connectivity index (χ3n) is 5.28. The van der Waals surface area contributed by atoms with Crippen LogP contribution < -0.4 is 10.0 Å². The van der Waals surface area contributed by atoms with Crippen LogP contribution in [0.3, 0.4) is 0 Å². The zero-order chi connectivity index (χ0) is 23.3. The molecule has 1 aliphatic rings. The molecule has 2 N–H and O–H groups in total. The molecule has 0 spiro atoms. The van der Waals surface area contributed by atoms with Crippen LogP contribution in [0.25, 0.3) is 0 Å². The predicted octanol–water partition coefficient (Wildman–Crippen LogP) is 2.34. The second-order valence-electron chi connectivity index (χ2n) is 8.21. The van der Waals surface area contributed by atoms with E-state index in [0.29, 0.717) is 55.4 Å². The van der Waals surface area contributed by atoms with Crippen LogP contribution in [0.1, 0.15) is 35.3 Å². The summed E-state index contributed by atoms with van der Waals surface area (Å²) in [6, 6.07) is 13.8. The van der Waals surface area contributed by atoms with E-state index in [9.17, 15) is 13.2 Å². The molecule has 1 aliphatic heterocycles. The fourth-order valence-corrected chi connectivity index (χ4v) is 4.09. The van der Waals surface area contributed by atoms with Crippen LogP contribution in [0.2, 0.25) is 0 Å². The topological polar surface area (TPSA) is 117 Å². The molecule has 0 atom stereocenters. The minimum absolute atomic E-state index is 0.0929. The van der Waals surface area contributed by atoms with Gasteiger partial charge in [0.1, 0.15) is 0 Å². The zero-order valence-electron chi connectivity index (χ0n) is 18.3. The summed E-state index contributed by atoms with van der Waals surface area (Å²) < 4.78 is 29.4. The number of sulfonamides is 1. The molecular weight excluding hydrogens is 428 g/mol. The second kappa shape index (κ2) is 10.1. The van der Waals surface area contributed by atoms with E-state index in [1.807, 2.05) is 26.0 Å². The quantitative estimate of drug-likeness (QED) is 0.683. The van der Waals surface area contributed by atoms with Crippen molar-refractivity contribution in [1.82, 2.24) is 4.90 Å². The van der Waals surface area contributed by atoms with Gasteiger partial charge in [-0.1, -0.05) is 19.9 Å². The number of carbonyl (C=O) groups excluding carboxylic acids is 1. The first kappa shape index (κ1) is 23.7. The van der Waals surface area contributed by atoms with E-state index in [0.717, 1.165) is 5.69 Å². The summed E-state index contributed by atoms with van der Waals surface area (Å²) in [6.45, 7) is 7.06. The minimum Gasteiger partial charge on any atom is -0.376 e. The van der Waals surface area contributed by atoms with Gasteiger partial charge in [0, 0.05) is 44.0 Å². The Morgan fingerprint density at radius 3 is 2.34 bits per heavy atom. The van der Waals surface area contributed by atoms with Crippen LogP contribution in [-0.4, -0.2) is 52.0 Å². The first-order valence-electron chi connectivity index (χ1n) is 10.5. The molecule has 1 heterocycles. The lowest BCUT2D eigenvalue weighted by molar-refractivity contribution is 0.0729. The molecule has 0 aliphatic carbocycles. The van der Waals surface area contributed by atoms with Crippen molar-refractivity contribution < 1.29 is 17.9 Å². The summed E-state index contributed by atoms with van der Waals surface area (Å²) >= 11 is 0. The normalized spacial score (nSPS) is 14.5. The maximum absolute atomic E-state index is 13.3. The van der Waals surface area contributed by atoms with Gasteiger partial charge in [0.2, 0.25) is 10.0 Å². The molecule has 0 aromatic heterocycles. The molecule has 0 unspecified atom stereocenters. The van der Waals surface area contributed by atoms with Crippen molar-refractivity contribution in [2.45, 2.75) is 25.3 Å². The van der Waals surface area contributed by atoms with Gasteiger partial charge in [-0.15, -0.1) is 0 Å². The number of nitriles is 1. The highest BCUT2D eigenvalue weighted by molar-refractivity contribution is 7.89. The van der Waals surface area contributed by atoms with E-state index >= 15 is 0 Å². The van der Waals surface area contributed by atoms with E-state index in [1.54, 1.807) is 23.1 Å². The number of nitrogens with two attached hydrogens (primary N) is 1. The molecule has 2 aromatic rings. The lowest BCUT2D eigenvalue weighted by Crippen LogP contribution is -2.49. The number of nitrogens with zero attached hydrogens (tertiary/aromatic N) is 3. The number of primary sulfonamides is 1. The minimum atomic E-state index is -3.93. The first-order chi connectivity index (χ1) is 15.2. The Morgan fingerprint density at radius 1 is 1.12 bits per heavy atom. The SMILES string of the molecule is CC(C)COCc1ccc(S(N)(=O)=O)cc1C(=O)N1CCN(c2ccc(C#N)cc2)CC1. The van der Waals surface area contributed by atoms with Crippen molar-refractivity contribution >= 4 is 21.6 Å². The lowest BCUT2D eigenvalue weighted by atomic mass is 10.1. The average molecular weight is 457 g/mol. The molecule has 9 heteroatoms. The molecule has 1 amide bonds. The number of hydrogen-bond acceptors (Lipinski definition) is 6. The highest BCUT2D eigenvalue weighted by Crippen LogP contribution is 2.22. The molecule has 0 radical (unpaired) electrons. The number of ether oxygens (including phenoxy) is 1. The van der Waals surface area contributed by atoms with Gasteiger partial charge < -0.3 is 14.5 Å². The number of amides is 1. The molecule has 1 fully saturated rings. The van der Waals surface area contributed by atoms with Crippen LogP contribution in [0.4, 0.5) is 5.69 Å². The number of anilines is 1. The first-order valence-corrected chi connectivity index (χ1v) is 12.0. The van der Waals surface area contributed by atoms with Crippen molar-refractivity contribution in [1.29, 1.82) is 5.26 Å². The van der Waals surface area contributed by atoms with Gasteiger partial charge in [0.05, 0.1) is 23.1 Å². The fourth-order valence-electron chi connectivity index (χ4n) is 3.55. The summed E-state index contributed by atoms with van der Waals surface area (Å²) in [5.41, 5.74) is 2.53. The summed E-state index contributed by atoms with van der Waals surface area (Å²) in [4.78, 5) is 17.1. The van der Waals surface area contributed by atoms with Crippen molar-refractivity contribution in [3.05, 3.63) is 59.2 Å². The predicted molar refractivity (Wildman–Crippen MR) is 122 cm³/mol. The smallest absolute Gasteiger partial charge is 0.254 e. The molecular formula is C23H28N4O4S. The van der Waals surface area contributed by atoms with Gasteiger partial charge in [0.15, 0.2) is 0 Å². The van der Waals surface area contributed by atoms with Gasteiger partial charge in [-0.05, 0) is 47.9 Å². The molecule has 1 saturated heterocycles. The molecule has 32 heavy (non-hydrogen) atoms. The monoisotopic (exact) mass is 456 g/mol. The Bertz CT molecular complexity index is 1100.